The number of hydrogen-bond donors (Lipinski definition) is 0. The Balaban J connectivity index is 2.60. The molecule has 0 atom stereocenters. The molecule has 0 bridgehead atoms. The predicted octanol–water partition coefficient (Wildman–Crippen LogP) is 3.21. The van der Waals surface area contributed by atoms with Gasteiger partial charge in [0.15, 0.2) is 0 Å². The molecule has 14 heavy (non-hydrogen) atoms. The molecular formula is C11H9BrN2. The van der Waals surface area contributed by atoms with Crippen LogP contribution in [0.25, 0.3) is 11.1 Å². The second-order valence-corrected chi connectivity index (χ2v) is 3.57. The molecule has 0 aliphatic rings. The summed E-state index contributed by atoms with van der Waals surface area (Å²) in [4.78, 5) is 7.34. The molecule has 0 aliphatic carbocycles. The van der Waals surface area contributed by atoms with E-state index in [9.17, 15) is 0 Å². The van der Waals surface area contributed by atoms with Crippen molar-refractivity contribution in [3.8, 4) is 11.1 Å². The highest BCUT2D eigenvalue weighted by atomic mass is 79.9. The third-order valence-electron chi connectivity index (χ3n) is 1.66. The summed E-state index contributed by atoms with van der Waals surface area (Å²) in [6.07, 6.45) is -0.520. The Morgan fingerprint density at radius 3 is 2.71 bits per heavy atom. The van der Waals surface area contributed by atoms with Crippen molar-refractivity contribution >= 4 is 15.9 Å². The smallest absolute Gasteiger partial charge is 0.125 e. The summed E-state index contributed by atoms with van der Waals surface area (Å²) < 4.78 is 38.0. The van der Waals surface area contributed by atoms with E-state index in [1.807, 2.05) is 6.07 Å². The molecule has 2 rings (SSSR count). The van der Waals surface area contributed by atoms with E-state index in [1.54, 1.807) is 18.2 Å². The topological polar surface area (TPSA) is 25.8 Å². The fourth-order valence-corrected chi connectivity index (χ4v) is 1.44. The quantitative estimate of drug-likeness (QED) is 0.780. The Labute approximate surface area is 98.2 Å². The van der Waals surface area contributed by atoms with Gasteiger partial charge in [-0.15, -0.1) is 0 Å². The summed E-state index contributed by atoms with van der Waals surface area (Å²) in [5.41, 5.74) is 0.816. The highest BCUT2D eigenvalue weighted by molar-refractivity contribution is 9.10. The lowest BCUT2D eigenvalue weighted by atomic mass is 10.1. The van der Waals surface area contributed by atoms with Gasteiger partial charge in [0.2, 0.25) is 0 Å². The first kappa shape index (κ1) is 5.03. The summed E-state index contributed by atoms with van der Waals surface area (Å²) in [6.45, 7) is -2.51. The third kappa shape index (κ3) is 1.99. The summed E-state index contributed by atoms with van der Waals surface area (Å²) in [6, 6.07) is 7.02. The molecule has 1 heterocycles. The minimum Gasteiger partial charge on any atom is -0.241 e. The van der Waals surface area contributed by atoms with Gasteiger partial charge in [-0.25, -0.2) is 9.97 Å². The van der Waals surface area contributed by atoms with E-state index in [4.69, 9.17) is 6.85 Å². The molecule has 0 fully saturated rings. The number of benzene rings is 1. The lowest BCUT2D eigenvalue weighted by Crippen LogP contribution is -1.87. The van der Waals surface area contributed by atoms with Crippen LogP contribution in [0.15, 0.2) is 41.1 Å². The molecule has 1 aromatic carbocycles. The van der Waals surface area contributed by atoms with Crippen LogP contribution in [0.4, 0.5) is 0 Å². The van der Waals surface area contributed by atoms with Crippen molar-refractivity contribution < 1.29 is 6.85 Å². The van der Waals surface area contributed by atoms with Crippen molar-refractivity contribution in [3.05, 3.63) is 46.9 Å². The Hall–Kier alpha value is -1.22. The standard InChI is InChI=1S/C11H9BrN2/c1-8-13-6-10(7-14-8)9-3-2-4-11(12)5-9/h2-7H,1H3/i1D3,6D,7D. The van der Waals surface area contributed by atoms with Crippen molar-refractivity contribution in [2.75, 3.05) is 0 Å². The van der Waals surface area contributed by atoms with Gasteiger partial charge in [0.05, 0.1) is 2.74 Å². The first-order chi connectivity index (χ1) is 8.79. The van der Waals surface area contributed by atoms with Crippen molar-refractivity contribution in [1.29, 1.82) is 0 Å². The molecule has 0 N–H and O–H groups in total. The zero-order valence-corrected chi connectivity index (χ0v) is 8.67. The molecule has 0 aliphatic heterocycles. The van der Waals surface area contributed by atoms with Crippen LogP contribution in [0.3, 0.4) is 0 Å². The van der Waals surface area contributed by atoms with Gasteiger partial charge in [-0.3, -0.25) is 0 Å². The number of halogens is 1. The number of rotatable bonds is 1. The van der Waals surface area contributed by atoms with E-state index in [-0.39, 0.29) is 17.9 Å². The molecule has 0 amide bonds. The number of aryl methyl sites for hydroxylation is 1. The minimum atomic E-state index is -2.51. The van der Waals surface area contributed by atoms with Crippen LogP contribution < -0.4 is 0 Å². The van der Waals surface area contributed by atoms with Crippen molar-refractivity contribution in [3.63, 3.8) is 0 Å². The maximum Gasteiger partial charge on any atom is 0.125 e. The fourth-order valence-electron chi connectivity index (χ4n) is 1.04. The second-order valence-electron chi connectivity index (χ2n) is 2.66. The summed E-state index contributed by atoms with van der Waals surface area (Å²) >= 11 is 3.30. The molecule has 70 valence electrons. The van der Waals surface area contributed by atoms with Crippen LogP contribution in [0, 0.1) is 6.85 Å². The molecular weight excluding hydrogens is 240 g/mol. The van der Waals surface area contributed by atoms with E-state index in [0.29, 0.717) is 5.56 Å². The molecule has 2 aromatic rings. The predicted molar refractivity (Wildman–Crippen MR) is 59.9 cm³/mol. The Morgan fingerprint density at radius 2 is 2.07 bits per heavy atom. The maximum absolute atomic E-state index is 7.80. The van der Waals surface area contributed by atoms with Crippen LogP contribution in [0.5, 0.6) is 0 Å². The number of hydrogen-bond acceptors (Lipinski definition) is 2. The van der Waals surface area contributed by atoms with Gasteiger partial charge in [0.1, 0.15) is 5.82 Å². The first-order valence-corrected chi connectivity index (χ1v) is 4.70. The molecule has 1 aromatic heterocycles. The first-order valence-electron chi connectivity index (χ1n) is 6.40. The van der Waals surface area contributed by atoms with Gasteiger partial charge < -0.3 is 0 Å². The van der Waals surface area contributed by atoms with Gasteiger partial charge in [0.25, 0.3) is 0 Å². The van der Waals surface area contributed by atoms with Crippen LogP contribution in [0.2, 0.25) is 0 Å². The van der Waals surface area contributed by atoms with Crippen molar-refractivity contribution in [2.24, 2.45) is 0 Å². The van der Waals surface area contributed by atoms with Gasteiger partial charge in [0, 0.05) is 26.5 Å². The monoisotopic (exact) mass is 253 g/mol. The number of aromatic nitrogens is 2. The average molecular weight is 254 g/mol. The van der Waals surface area contributed by atoms with Crippen LogP contribution in [0.1, 0.15) is 12.7 Å². The third-order valence-corrected chi connectivity index (χ3v) is 2.15. The zero-order chi connectivity index (χ0) is 14.2. The fraction of sp³-hybridized carbons (Fsp3) is 0.0909. The Kier molecular flexibility index (Phi) is 1.39. The summed E-state index contributed by atoms with van der Waals surface area (Å²) in [7, 11) is 0. The number of nitrogens with zero attached hydrogens (tertiary/aromatic N) is 2. The van der Waals surface area contributed by atoms with E-state index in [0.717, 1.165) is 4.47 Å². The largest absolute Gasteiger partial charge is 0.241 e. The van der Waals surface area contributed by atoms with Gasteiger partial charge in [-0.05, 0) is 24.5 Å². The van der Waals surface area contributed by atoms with E-state index < -0.39 is 12.7 Å². The summed E-state index contributed by atoms with van der Waals surface area (Å²) in [5.74, 6) is -0.471. The molecule has 0 saturated heterocycles. The molecule has 0 saturated carbocycles. The molecule has 2 nitrogen and oxygen atoms in total. The SMILES string of the molecule is [2H]c1nc(C([2H])([2H])[2H])nc([2H])c1-c1cccc(Br)c1. The van der Waals surface area contributed by atoms with Gasteiger partial charge >= 0.3 is 0 Å². The lowest BCUT2D eigenvalue weighted by molar-refractivity contribution is 1.06. The molecule has 0 radical (unpaired) electrons. The summed E-state index contributed by atoms with van der Waals surface area (Å²) in [5, 5.41) is 0. The van der Waals surface area contributed by atoms with E-state index >= 15 is 0 Å². The highest BCUT2D eigenvalue weighted by Gasteiger charge is 1.98. The van der Waals surface area contributed by atoms with Crippen LogP contribution in [-0.2, 0) is 0 Å². The van der Waals surface area contributed by atoms with Crippen molar-refractivity contribution in [1.82, 2.24) is 9.97 Å². The second kappa shape index (κ2) is 3.88. The normalized spacial score (nSPS) is 16.2. The van der Waals surface area contributed by atoms with Crippen LogP contribution in [-0.4, -0.2) is 9.97 Å². The highest BCUT2D eigenvalue weighted by Crippen LogP contribution is 2.21. The Bertz CT molecular complexity index is 604. The average Bonchev–Trinajstić information content (AvgIpc) is 2.26. The minimum absolute atomic E-state index is 0.217. The van der Waals surface area contributed by atoms with Gasteiger partial charge in [-0.1, -0.05) is 28.1 Å². The van der Waals surface area contributed by atoms with Crippen molar-refractivity contribution in [2.45, 2.75) is 6.85 Å². The lowest BCUT2D eigenvalue weighted by Gasteiger charge is -2.01. The van der Waals surface area contributed by atoms with Gasteiger partial charge in [-0.2, -0.15) is 0 Å². The van der Waals surface area contributed by atoms with Crippen LogP contribution >= 0.6 is 15.9 Å². The maximum atomic E-state index is 7.80. The molecule has 0 spiro atoms. The van der Waals surface area contributed by atoms with E-state index in [2.05, 4.69) is 25.9 Å². The van der Waals surface area contributed by atoms with E-state index in [1.165, 1.54) is 0 Å². The zero-order valence-electron chi connectivity index (χ0n) is 12.1. The molecule has 3 heteroatoms. The Morgan fingerprint density at radius 1 is 1.29 bits per heavy atom. The molecule has 0 unspecified atom stereocenters.